The van der Waals surface area contributed by atoms with E-state index in [-0.39, 0.29) is 12.2 Å². The number of Topliss-reactive ketones (excluding diaryl/α,β-unsaturated/α-hetero) is 1. The van der Waals surface area contributed by atoms with Gasteiger partial charge in [-0.2, -0.15) is 5.26 Å². The second kappa shape index (κ2) is 8.27. The van der Waals surface area contributed by atoms with Gasteiger partial charge in [-0.25, -0.2) is 14.0 Å². The number of alkyl halides is 1. The molecule has 0 radical (unpaired) electrons. The van der Waals surface area contributed by atoms with Gasteiger partial charge in [0.1, 0.15) is 12.7 Å². The summed E-state index contributed by atoms with van der Waals surface area (Å²) in [4.78, 5) is 41.1. The number of carbonyl (C=O) groups excluding carboxylic acids is 2. The number of rotatable bonds is 5. The number of nitrogens with zero attached hydrogens (tertiary/aromatic N) is 3. The van der Waals surface area contributed by atoms with Gasteiger partial charge >= 0.3 is 12.0 Å². The first-order chi connectivity index (χ1) is 15.4. The van der Waals surface area contributed by atoms with Crippen LogP contribution >= 0.6 is 0 Å². The van der Waals surface area contributed by atoms with Crippen LogP contribution in [-0.4, -0.2) is 33.8 Å². The smallest absolute Gasteiger partial charge is 0.330 e. The summed E-state index contributed by atoms with van der Waals surface area (Å²) in [5.41, 5.74) is 2.56. The predicted molar refractivity (Wildman–Crippen MR) is 113 cm³/mol. The minimum absolute atomic E-state index is 0.170. The third-order valence-electron chi connectivity index (χ3n) is 5.89. The fraction of sp³-hybridized carbons (Fsp3) is 0.250. The minimum Gasteiger partial charge on any atom is -0.480 e. The highest BCUT2D eigenvalue weighted by Crippen LogP contribution is 2.45. The molecule has 0 saturated carbocycles. The van der Waals surface area contributed by atoms with Crippen molar-refractivity contribution in [2.75, 3.05) is 4.90 Å². The summed E-state index contributed by atoms with van der Waals surface area (Å²) in [5.74, 6) is -1.39. The SMILES string of the molecule is CC(C(=O)O)N1C(=O)N(c2cccc(CF)c2)C2=C(C(=O)CC2)C1c1ccc(C#N)cc1. The molecule has 1 aliphatic carbocycles. The Morgan fingerprint density at radius 1 is 1.22 bits per heavy atom. The van der Waals surface area contributed by atoms with E-state index in [1.807, 2.05) is 6.07 Å². The number of hydrogen-bond acceptors (Lipinski definition) is 4. The van der Waals surface area contributed by atoms with E-state index in [4.69, 9.17) is 5.26 Å². The second-order valence-electron chi connectivity index (χ2n) is 7.76. The largest absolute Gasteiger partial charge is 0.480 e. The highest BCUT2D eigenvalue weighted by molar-refractivity contribution is 6.09. The first kappa shape index (κ1) is 21.2. The zero-order chi connectivity index (χ0) is 23.0. The molecule has 2 aromatic carbocycles. The van der Waals surface area contributed by atoms with E-state index in [2.05, 4.69) is 0 Å². The zero-order valence-electron chi connectivity index (χ0n) is 17.3. The summed E-state index contributed by atoms with van der Waals surface area (Å²) in [7, 11) is 0. The Balaban J connectivity index is 1.94. The maximum atomic E-state index is 13.7. The molecule has 2 aromatic rings. The quantitative estimate of drug-likeness (QED) is 0.765. The van der Waals surface area contributed by atoms with E-state index in [0.29, 0.717) is 40.1 Å². The highest BCUT2D eigenvalue weighted by Gasteiger charge is 2.48. The molecule has 2 amide bonds. The molecular weight excluding hydrogens is 413 g/mol. The number of benzene rings is 2. The van der Waals surface area contributed by atoms with Crippen molar-refractivity contribution in [1.82, 2.24) is 4.90 Å². The molecule has 0 fully saturated rings. The van der Waals surface area contributed by atoms with Crippen LogP contribution in [0.15, 0.2) is 59.8 Å². The number of amides is 2. The van der Waals surface area contributed by atoms with Gasteiger partial charge in [0.25, 0.3) is 0 Å². The number of carboxylic acids is 1. The lowest BCUT2D eigenvalue weighted by atomic mass is 9.91. The summed E-state index contributed by atoms with van der Waals surface area (Å²) < 4.78 is 13.3. The van der Waals surface area contributed by atoms with Gasteiger partial charge in [0, 0.05) is 17.7 Å². The van der Waals surface area contributed by atoms with Crippen molar-refractivity contribution in [1.29, 1.82) is 5.26 Å². The number of anilines is 1. The van der Waals surface area contributed by atoms with Gasteiger partial charge in [-0.3, -0.25) is 14.6 Å². The van der Waals surface area contributed by atoms with Crippen LogP contribution in [0.2, 0.25) is 0 Å². The monoisotopic (exact) mass is 433 g/mol. The van der Waals surface area contributed by atoms with E-state index < -0.39 is 30.8 Å². The Labute approximate surface area is 184 Å². The molecule has 0 spiro atoms. The molecule has 2 unspecified atom stereocenters. The Morgan fingerprint density at radius 2 is 1.94 bits per heavy atom. The standard InChI is InChI=1S/C24H20FN3O4/c1-14(23(30)31)27-22(17-7-5-15(13-26)6-8-17)21-19(9-10-20(21)29)28(24(27)32)18-4-2-3-16(11-18)12-25/h2-8,11,14,22H,9-10,12H2,1H3,(H,30,31). The van der Waals surface area contributed by atoms with Crippen LogP contribution in [-0.2, 0) is 16.3 Å². The van der Waals surface area contributed by atoms with Gasteiger partial charge in [0.2, 0.25) is 0 Å². The Bertz CT molecular complexity index is 1180. The lowest BCUT2D eigenvalue weighted by molar-refractivity contribution is -0.142. The maximum Gasteiger partial charge on any atom is 0.330 e. The lowest BCUT2D eigenvalue weighted by Crippen LogP contribution is -2.55. The summed E-state index contributed by atoms with van der Waals surface area (Å²) in [6.07, 6.45) is 0.515. The molecule has 162 valence electrons. The van der Waals surface area contributed by atoms with Crippen LogP contribution in [0.3, 0.4) is 0 Å². The van der Waals surface area contributed by atoms with Gasteiger partial charge in [-0.05, 0) is 48.7 Å². The molecule has 0 bridgehead atoms. The van der Waals surface area contributed by atoms with Crippen molar-refractivity contribution >= 4 is 23.5 Å². The molecule has 0 aromatic heterocycles. The topological polar surface area (TPSA) is 102 Å². The first-order valence-corrected chi connectivity index (χ1v) is 10.1. The highest BCUT2D eigenvalue weighted by atomic mass is 19.1. The molecule has 7 nitrogen and oxygen atoms in total. The van der Waals surface area contributed by atoms with Crippen LogP contribution < -0.4 is 4.90 Å². The molecule has 1 heterocycles. The van der Waals surface area contributed by atoms with Crippen molar-refractivity contribution in [3.05, 3.63) is 76.5 Å². The number of urea groups is 1. The number of halogens is 1. The molecular formula is C24H20FN3O4. The first-order valence-electron chi connectivity index (χ1n) is 10.1. The summed E-state index contributed by atoms with van der Waals surface area (Å²) in [6.45, 7) is 0.668. The number of nitriles is 1. The van der Waals surface area contributed by atoms with Crippen LogP contribution in [0.1, 0.15) is 42.5 Å². The zero-order valence-corrected chi connectivity index (χ0v) is 17.3. The van der Waals surface area contributed by atoms with Crippen LogP contribution in [0, 0.1) is 11.3 Å². The summed E-state index contributed by atoms with van der Waals surface area (Å²) >= 11 is 0. The Hall–Kier alpha value is -3.99. The molecule has 0 saturated heterocycles. The molecule has 8 heteroatoms. The Kier molecular flexibility index (Phi) is 5.49. The van der Waals surface area contributed by atoms with Gasteiger partial charge in [0.15, 0.2) is 5.78 Å². The molecule has 2 aliphatic rings. The van der Waals surface area contributed by atoms with Crippen LogP contribution in [0.5, 0.6) is 0 Å². The number of ketones is 1. The van der Waals surface area contributed by atoms with E-state index >= 15 is 0 Å². The number of carbonyl (C=O) groups is 3. The van der Waals surface area contributed by atoms with Crippen LogP contribution in [0.25, 0.3) is 0 Å². The molecule has 1 aliphatic heterocycles. The van der Waals surface area contributed by atoms with Gasteiger partial charge in [0.05, 0.1) is 23.4 Å². The van der Waals surface area contributed by atoms with Gasteiger partial charge in [-0.15, -0.1) is 0 Å². The third-order valence-corrected chi connectivity index (χ3v) is 5.89. The average Bonchev–Trinajstić information content (AvgIpc) is 3.18. The van der Waals surface area contributed by atoms with E-state index in [1.54, 1.807) is 42.5 Å². The molecule has 2 atom stereocenters. The number of allylic oxidation sites excluding steroid dienone is 1. The normalized spacial score (nSPS) is 19.1. The predicted octanol–water partition coefficient (Wildman–Crippen LogP) is 4.10. The fourth-order valence-corrected chi connectivity index (χ4v) is 4.31. The number of hydrogen-bond donors (Lipinski definition) is 1. The molecule has 1 N–H and O–H groups in total. The van der Waals surface area contributed by atoms with Gasteiger partial charge < -0.3 is 5.11 Å². The number of carboxylic acid groups (broad SMARTS) is 1. The Morgan fingerprint density at radius 3 is 2.56 bits per heavy atom. The van der Waals surface area contributed by atoms with Crippen molar-refractivity contribution in [2.24, 2.45) is 0 Å². The fourth-order valence-electron chi connectivity index (χ4n) is 4.31. The van der Waals surface area contributed by atoms with Crippen LogP contribution in [0.4, 0.5) is 14.9 Å². The summed E-state index contributed by atoms with van der Waals surface area (Å²) in [6, 6.07) is 12.1. The average molecular weight is 433 g/mol. The third kappa shape index (κ3) is 3.42. The van der Waals surface area contributed by atoms with Gasteiger partial charge in [-0.1, -0.05) is 24.3 Å². The van der Waals surface area contributed by atoms with Crippen molar-refractivity contribution < 1.29 is 23.9 Å². The van der Waals surface area contributed by atoms with E-state index in [0.717, 1.165) is 0 Å². The minimum atomic E-state index is -1.24. The maximum absolute atomic E-state index is 13.7. The van der Waals surface area contributed by atoms with Crippen molar-refractivity contribution in [3.8, 4) is 6.07 Å². The molecule has 4 rings (SSSR count). The lowest BCUT2D eigenvalue weighted by Gasteiger charge is -2.44. The van der Waals surface area contributed by atoms with E-state index in [9.17, 15) is 23.9 Å². The number of aliphatic carboxylic acids is 1. The van der Waals surface area contributed by atoms with Crippen molar-refractivity contribution in [2.45, 2.75) is 38.5 Å². The summed E-state index contributed by atoms with van der Waals surface area (Å²) in [5, 5.41) is 18.8. The molecule has 32 heavy (non-hydrogen) atoms. The second-order valence-corrected chi connectivity index (χ2v) is 7.76. The van der Waals surface area contributed by atoms with Crippen molar-refractivity contribution in [3.63, 3.8) is 0 Å². The van der Waals surface area contributed by atoms with E-state index in [1.165, 1.54) is 22.8 Å².